The van der Waals surface area contributed by atoms with Crippen molar-refractivity contribution in [2.45, 2.75) is 75.5 Å². The number of fused-ring (bicyclic) bond motifs is 1. The van der Waals surface area contributed by atoms with Crippen LogP contribution in [0.4, 0.5) is 0 Å². The Kier molecular flexibility index (Phi) is 13.7. The second-order valence-corrected chi connectivity index (χ2v) is 9.93. The third kappa shape index (κ3) is 10.8. The van der Waals surface area contributed by atoms with Crippen LogP contribution in [-0.4, -0.2) is 76.9 Å². The second-order valence-electron chi connectivity index (χ2n) is 9.93. The number of carbonyl (C=O) groups is 5. The molecule has 14 heteroatoms. The molecule has 0 saturated carbocycles. The average molecular weight is 575 g/mol. The van der Waals surface area contributed by atoms with Gasteiger partial charge in [-0.25, -0.2) is 4.79 Å². The summed E-state index contributed by atoms with van der Waals surface area (Å²) in [5.74, 6) is -4.31. The van der Waals surface area contributed by atoms with E-state index < -0.39 is 60.2 Å². The number of H-pyrrole nitrogens is 1. The minimum absolute atomic E-state index is 0.154. The summed E-state index contributed by atoms with van der Waals surface area (Å²) in [6.07, 6.45) is 3.78. The Morgan fingerprint density at radius 1 is 0.805 bits per heavy atom. The molecule has 0 fully saturated rings. The van der Waals surface area contributed by atoms with Gasteiger partial charge in [-0.15, -0.1) is 0 Å². The Morgan fingerprint density at radius 3 is 1.98 bits per heavy atom. The number of nitrogens with one attached hydrogen (secondary N) is 4. The summed E-state index contributed by atoms with van der Waals surface area (Å²) >= 11 is 0. The van der Waals surface area contributed by atoms with Gasteiger partial charge in [0, 0.05) is 17.1 Å². The van der Waals surface area contributed by atoms with Gasteiger partial charge in [-0.05, 0) is 69.7 Å². The maximum absolute atomic E-state index is 13.2. The Bertz CT molecular complexity index is 1190. The number of hydrogen-bond donors (Lipinski definition) is 9. The van der Waals surface area contributed by atoms with Gasteiger partial charge in [0.2, 0.25) is 23.6 Å². The molecule has 0 radical (unpaired) electrons. The molecule has 4 unspecified atom stereocenters. The van der Waals surface area contributed by atoms with E-state index in [1.165, 1.54) is 0 Å². The predicted molar refractivity (Wildman–Crippen MR) is 153 cm³/mol. The van der Waals surface area contributed by atoms with E-state index in [4.69, 9.17) is 22.9 Å². The highest BCUT2D eigenvalue weighted by Crippen LogP contribution is 2.19. The van der Waals surface area contributed by atoms with E-state index in [1.807, 2.05) is 24.3 Å². The molecule has 41 heavy (non-hydrogen) atoms. The molecule has 0 aliphatic rings. The van der Waals surface area contributed by atoms with Crippen LogP contribution in [0.25, 0.3) is 10.9 Å². The summed E-state index contributed by atoms with van der Waals surface area (Å²) in [5.41, 5.74) is 24.2. The SMILES string of the molecule is NCCCCC(NC(=O)C(CCCCN)NC(=O)C(CC(N)=O)NC(=O)C(N)Cc1c[nH]c2ccccc12)C(=O)O. The molecule has 0 bridgehead atoms. The van der Waals surface area contributed by atoms with Crippen molar-refractivity contribution < 1.29 is 29.1 Å². The first kappa shape index (κ1) is 33.2. The number of rotatable bonds is 19. The van der Waals surface area contributed by atoms with Gasteiger partial charge in [-0.1, -0.05) is 18.2 Å². The van der Waals surface area contributed by atoms with Crippen molar-refractivity contribution in [3.8, 4) is 0 Å². The van der Waals surface area contributed by atoms with Crippen molar-refractivity contribution >= 4 is 40.5 Å². The fourth-order valence-corrected chi connectivity index (χ4v) is 4.38. The lowest BCUT2D eigenvalue weighted by Crippen LogP contribution is -2.57. The first-order valence-electron chi connectivity index (χ1n) is 13.7. The van der Waals surface area contributed by atoms with Crippen LogP contribution in [0.1, 0.15) is 50.5 Å². The number of aliphatic carboxylic acids is 1. The number of unbranched alkanes of at least 4 members (excludes halogenated alkanes) is 2. The number of carbonyl (C=O) groups excluding carboxylic acids is 4. The fraction of sp³-hybridized carbons (Fsp3) is 0.519. The molecule has 0 aliphatic heterocycles. The number of primary amides is 1. The van der Waals surface area contributed by atoms with Gasteiger partial charge in [-0.2, -0.15) is 0 Å². The minimum atomic E-state index is -1.40. The van der Waals surface area contributed by atoms with Crippen LogP contribution in [0.2, 0.25) is 0 Å². The van der Waals surface area contributed by atoms with Crippen LogP contribution in [0, 0.1) is 0 Å². The monoisotopic (exact) mass is 574 g/mol. The van der Waals surface area contributed by atoms with E-state index in [1.54, 1.807) is 6.20 Å². The number of hydrogen-bond acceptors (Lipinski definition) is 8. The summed E-state index contributed by atoms with van der Waals surface area (Å²) in [6.45, 7) is 0.740. The van der Waals surface area contributed by atoms with Gasteiger partial charge in [0.05, 0.1) is 12.5 Å². The smallest absolute Gasteiger partial charge is 0.326 e. The molecule has 14 nitrogen and oxygen atoms in total. The summed E-state index contributed by atoms with van der Waals surface area (Å²) in [5, 5.41) is 17.9. The Labute approximate surface area is 238 Å². The van der Waals surface area contributed by atoms with Gasteiger partial charge in [-0.3, -0.25) is 19.2 Å². The molecular weight excluding hydrogens is 532 g/mol. The number of aromatic amines is 1. The van der Waals surface area contributed by atoms with Gasteiger partial charge >= 0.3 is 5.97 Å². The van der Waals surface area contributed by atoms with Gasteiger partial charge in [0.1, 0.15) is 18.1 Å². The number of amides is 4. The van der Waals surface area contributed by atoms with Crippen molar-refractivity contribution in [2.75, 3.05) is 13.1 Å². The molecule has 0 saturated heterocycles. The van der Waals surface area contributed by atoms with E-state index in [9.17, 15) is 29.1 Å². The lowest BCUT2D eigenvalue weighted by Gasteiger charge is -2.25. The second kappa shape index (κ2) is 16.9. The molecule has 1 aromatic heterocycles. The Hall–Kier alpha value is -4.01. The van der Waals surface area contributed by atoms with E-state index in [0.29, 0.717) is 38.8 Å². The minimum Gasteiger partial charge on any atom is -0.480 e. The zero-order valence-electron chi connectivity index (χ0n) is 23.1. The molecule has 13 N–H and O–H groups in total. The highest BCUT2D eigenvalue weighted by atomic mass is 16.4. The number of benzene rings is 1. The normalized spacial score (nSPS) is 14.0. The average Bonchev–Trinajstić information content (AvgIpc) is 3.33. The van der Waals surface area contributed by atoms with Crippen LogP contribution in [0.5, 0.6) is 0 Å². The fourth-order valence-electron chi connectivity index (χ4n) is 4.38. The molecule has 1 aromatic carbocycles. The quantitative estimate of drug-likeness (QED) is 0.0902. The summed E-state index contributed by atoms with van der Waals surface area (Å²) in [7, 11) is 0. The van der Waals surface area contributed by atoms with Crippen LogP contribution in [0.3, 0.4) is 0 Å². The van der Waals surface area contributed by atoms with Crippen LogP contribution in [0.15, 0.2) is 30.5 Å². The van der Waals surface area contributed by atoms with Gasteiger partial charge < -0.3 is 49.0 Å². The standard InChI is InChI=1S/C27H42N8O6/c28-11-5-3-9-20(25(38)34-21(27(40)41)10-4-6-12-29)33-26(39)22(14-23(31)36)35-24(37)18(30)13-16-15-32-19-8-2-1-7-17(16)19/h1-2,7-8,15,18,20-22,32H,3-6,9-14,28-30H2,(H2,31,36)(H,33,39)(H,34,38)(H,35,37)(H,40,41). The third-order valence-electron chi connectivity index (χ3n) is 6.63. The third-order valence-corrected chi connectivity index (χ3v) is 6.63. The van der Waals surface area contributed by atoms with Gasteiger partial charge in [0.15, 0.2) is 0 Å². The van der Waals surface area contributed by atoms with Crippen LogP contribution < -0.4 is 38.9 Å². The highest BCUT2D eigenvalue weighted by molar-refractivity contribution is 5.96. The zero-order valence-corrected chi connectivity index (χ0v) is 23.1. The Morgan fingerprint density at radius 2 is 1.37 bits per heavy atom. The van der Waals surface area contributed by atoms with E-state index in [-0.39, 0.29) is 19.3 Å². The maximum atomic E-state index is 13.2. The highest BCUT2D eigenvalue weighted by Gasteiger charge is 2.31. The van der Waals surface area contributed by atoms with E-state index in [0.717, 1.165) is 16.5 Å². The number of para-hydroxylation sites is 1. The summed E-state index contributed by atoms with van der Waals surface area (Å²) in [6, 6.07) is 2.73. The van der Waals surface area contributed by atoms with Crippen molar-refractivity contribution in [3.63, 3.8) is 0 Å². The molecule has 0 spiro atoms. The number of aromatic nitrogens is 1. The molecule has 2 aromatic rings. The van der Waals surface area contributed by atoms with E-state index in [2.05, 4.69) is 20.9 Å². The Balaban J connectivity index is 2.12. The number of carboxylic acids is 1. The van der Waals surface area contributed by atoms with Crippen LogP contribution >= 0.6 is 0 Å². The number of carboxylic acid groups (broad SMARTS) is 1. The van der Waals surface area contributed by atoms with Crippen molar-refractivity contribution in [2.24, 2.45) is 22.9 Å². The van der Waals surface area contributed by atoms with Crippen molar-refractivity contribution in [3.05, 3.63) is 36.0 Å². The summed E-state index contributed by atoms with van der Waals surface area (Å²) < 4.78 is 0. The first-order chi connectivity index (χ1) is 19.6. The molecule has 1 heterocycles. The lowest BCUT2D eigenvalue weighted by molar-refractivity contribution is -0.142. The number of nitrogens with two attached hydrogens (primary N) is 4. The molecular formula is C27H42N8O6. The van der Waals surface area contributed by atoms with Crippen molar-refractivity contribution in [1.29, 1.82) is 0 Å². The molecule has 0 aliphatic carbocycles. The first-order valence-corrected chi connectivity index (χ1v) is 13.7. The molecule has 4 amide bonds. The lowest BCUT2D eigenvalue weighted by atomic mass is 10.0. The van der Waals surface area contributed by atoms with Gasteiger partial charge in [0.25, 0.3) is 0 Å². The zero-order chi connectivity index (χ0) is 30.4. The molecule has 226 valence electrons. The summed E-state index contributed by atoms with van der Waals surface area (Å²) in [4.78, 5) is 65.7. The largest absolute Gasteiger partial charge is 0.480 e. The van der Waals surface area contributed by atoms with Crippen LogP contribution in [-0.2, 0) is 30.4 Å². The predicted octanol–water partition coefficient (Wildman–Crippen LogP) is -1.29. The molecule has 2 rings (SSSR count). The molecule has 4 atom stereocenters. The van der Waals surface area contributed by atoms with E-state index >= 15 is 0 Å². The van der Waals surface area contributed by atoms with Crippen molar-refractivity contribution in [1.82, 2.24) is 20.9 Å². The maximum Gasteiger partial charge on any atom is 0.326 e. The topological polar surface area (TPSA) is 262 Å².